The molecule has 1 rings (SSSR count). The Balaban J connectivity index is 2.26. The Hall–Kier alpha value is -1.56. The number of nitrogens with two attached hydrogens (primary N) is 1. The second-order valence-corrected chi connectivity index (χ2v) is 4.00. The van der Waals surface area contributed by atoms with Crippen molar-refractivity contribution in [2.24, 2.45) is 17.9 Å². The molecule has 0 aliphatic carbocycles. The monoisotopic (exact) mass is 239 g/mol. The lowest BCUT2D eigenvalue weighted by Crippen LogP contribution is -2.18. The largest absolute Gasteiger partial charge is 0.409 e. The molecule has 0 bridgehead atoms. The molecular weight excluding hydrogens is 218 g/mol. The summed E-state index contributed by atoms with van der Waals surface area (Å²) in [5.41, 5.74) is 7.74. The maximum absolute atomic E-state index is 8.37. The molecule has 0 atom stereocenters. The zero-order chi connectivity index (χ0) is 12.7. The Bertz CT molecular complexity index is 372. The van der Waals surface area contributed by atoms with E-state index in [1.54, 1.807) is 0 Å². The van der Waals surface area contributed by atoms with Crippen molar-refractivity contribution in [2.45, 2.75) is 32.7 Å². The molecule has 1 aromatic rings. The molecule has 17 heavy (non-hydrogen) atoms. The number of oxime groups is 1. The van der Waals surface area contributed by atoms with Crippen molar-refractivity contribution in [1.29, 1.82) is 0 Å². The molecule has 0 aliphatic heterocycles. The lowest BCUT2D eigenvalue weighted by Gasteiger charge is -2.03. The second-order valence-electron chi connectivity index (χ2n) is 4.00. The number of hydrogen-bond donors (Lipinski definition) is 3. The molecule has 0 saturated heterocycles. The van der Waals surface area contributed by atoms with Crippen molar-refractivity contribution in [3.63, 3.8) is 0 Å². The van der Waals surface area contributed by atoms with Crippen LogP contribution in [0.2, 0.25) is 0 Å². The third kappa shape index (κ3) is 4.44. The first-order valence-electron chi connectivity index (χ1n) is 5.85. The molecule has 6 heteroatoms. The van der Waals surface area contributed by atoms with Gasteiger partial charge in [0.25, 0.3) is 0 Å². The number of hydrogen-bond acceptors (Lipinski definition) is 4. The molecule has 0 radical (unpaired) electrons. The first-order chi connectivity index (χ1) is 8.17. The molecule has 1 heterocycles. The van der Waals surface area contributed by atoms with E-state index in [0.29, 0.717) is 6.42 Å². The van der Waals surface area contributed by atoms with Gasteiger partial charge in [-0.05, 0) is 19.4 Å². The van der Waals surface area contributed by atoms with Gasteiger partial charge in [-0.15, -0.1) is 0 Å². The normalized spacial score (nSPS) is 12.0. The Kier molecular flexibility index (Phi) is 5.48. The predicted molar refractivity (Wildman–Crippen MR) is 66.9 cm³/mol. The van der Waals surface area contributed by atoms with E-state index in [1.165, 1.54) is 5.56 Å². The SMILES string of the molecule is CCc1nn(C)cc1CNCCC/C(N)=N/O. The molecule has 0 saturated carbocycles. The van der Waals surface area contributed by atoms with E-state index in [-0.39, 0.29) is 5.84 Å². The molecule has 0 aromatic carbocycles. The van der Waals surface area contributed by atoms with E-state index in [2.05, 4.69) is 22.5 Å². The van der Waals surface area contributed by atoms with E-state index in [0.717, 1.165) is 31.6 Å². The average molecular weight is 239 g/mol. The molecular formula is C11H21N5O. The minimum Gasteiger partial charge on any atom is -0.409 e. The van der Waals surface area contributed by atoms with Gasteiger partial charge >= 0.3 is 0 Å². The van der Waals surface area contributed by atoms with Crippen molar-refractivity contribution in [1.82, 2.24) is 15.1 Å². The lowest BCUT2D eigenvalue weighted by atomic mass is 10.2. The number of aromatic nitrogens is 2. The minimum absolute atomic E-state index is 0.280. The zero-order valence-electron chi connectivity index (χ0n) is 10.5. The van der Waals surface area contributed by atoms with Crippen LogP contribution < -0.4 is 11.1 Å². The topological polar surface area (TPSA) is 88.5 Å². The predicted octanol–water partition coefficient (Wildman–Crippen LogP) is 0.599. The summed E-state index contributed by atoms with van der Waals surface area (Å²) in [6.45, 7) is 3.76. The number of amidine groups is 1. The van der Waals surface area contributed by atoms with E-state index in [4.69, 9.17) is 10.9 Å². The van der Waals surface area contributed by atoms with Gasteiger partial charge in [-0.3, -0.25) is 4.68 Å². The van der Waals surface area contributed by atoms with Crippen molar-refractivity contribution in [2.75, 3.05) is 6.54 Å². The van der Waals surface area contributed by atoms with Crippen LogP contribution in [0.15, 0.2) is 11.4 Å². The van der Waals surface area contributed by atoms with Crippen LogP contribution in [0.25, 0.3) is 0 Å². The second kappa shape index (κ2) is 6.90. The third-order valence-electron chi connectivity index (χ3n) is 2.56. The number of nitrogens with zero attached hydrogens (tertiary/aromatic N) is 3. The maximum atomic E-state index is 8.37. The maximum Gasteiger partial charge on any atom is 0.139 e. The number of rotatable bonds is 7. The summed E-state index contributed by atoms with van der Waals surface area (Å²) in [4.78, 5) is 0. The van der Waals surface area contributed by atoms with Crippen LogP contribution >= 0.6 is 0 Å². The van der Waals surface area contributed by atoms with Gasteiger partial charge in [0.1, 0.15) is 5.84 Å². The number of nitrogens with one attached hydrogen (secondary N) is 1. The highest BCUT2D eigenvalue weighted by Crippen LogP contribution is 2.06. The van der Waals surface area contributed by atoms with Gasteiger partial charge < -0.3 is 16.3 Å². The Labute approximate surface area is 101 Å². The highest BCUT2D eigenvalue weighted by atomic mass is 16.4. The molecule has 0 spiro atoms. The summed E-state index contributed by atoms with van der Waals surface area (Å²) in [7, 11) is 1.93. The van der Waals surface area contributed by atoms with Crippen LogP contribution in [0.3, 0.4) is 0 Å². The summed E-state index contributed by atoms with van der Waals surface area (Å²) in [5, 5.41) is 19.0. The molecule has 0 fully saturated rings. The van der Waals surface area contributed by atoms with Crippen LogP contribution in [-0.2, 0) is 20.0 Å². The van der Waals surface area contributed by atoms with Crippen molar-refractivity contribution in [3.05, 3.63) is 17.5 Å². The quantitative estimate of drug-likeness (QED) is 0.214. The summed E-state index contributed by atoms with van der Waals surface area (Å²) in [6, 6.07) is 0. The van der Waals surface area contributed by atoms with Crippen molar-refractivity contribution < 1.29 is 5.21 Å². The first-order valence-corrected chi connectivity index (χ1v) is 5.85. The highest BCUT2D eigenvalue weighted by molar-refractivity contribution is 5.79. The van der Waals surface area contributed by atoms with Crippen LogP contribution in [0.5, 0.6) is 0 Å². The van der Waals surface area contributed by atoms with Crippen LogP contribution in [0, 0.1) is 0 Å². The molecule has 0 unspecified atom stereocenters. The van der Waals surface area contributed by atoms with Crippen LogP contribution in [0.1, 0.15) is 31.0 Å². The lowest BCUT2D eigenvalue weighted by molar-refractivity contribution is 0.316. The highest BCUT2D eigenvalue weighted by Gasteiger charge is 2.04. The fourth-order valence-electron chi connectivity index (χ4n) is 1.70. The van der Waals surface area contributed by atoms with Crippen LogP contribution in [-0.4, -0.2) is 27.4 Å². The first kappa shape index (κ1) is 13.5. The van der Waals surface area contributed by atoms with Gasteiger partial charge in [-0.2, -0.15) is 5.10 Å². The van der Waals surface area contributed by atoms with Crippen molar-refractivity contribution >= 4 is 5.84 Å². The summed E-state index contributed by atoms with van der Waals surface area (Å²) < 4.78 is 1.84. The van der Waals surface area contributed by atoms with Crippen LogP contribution in [0.4, 0.5) is 0 Å². The standard InChI is InChI=1S/C11H21N5O/c1-3-10-9(8-16(2)14-10)7-13-6-4-5-11(12)15-17/h8,13,17H,3-7H2,1-2H3,(H2,12,15). The third-order valence-corrected chi connectivity index (χ3v) is 2.56. The molecule has 0 amide bonds. The Morgan fingerprint density at radius 3 is 3.06 bits per heavy atom. The summed E-state index contributed by atoms with van der Waals surface area (Å²) >= 11 is 0. The Morgan fingerprint density at radius 1 is 1.65 bits per heavy atom. The molecule has 96 valence electrons. The van der Waals surface area contributed by atoms with E-state index >= 15 is 0 Å². The average Bonchev–Trinajstić information content (AvgIpc) is 2.69. The van der Waals surface area contributed by atoms with Gasteiger partial charge in [0.15, 0.2) is 0 Å². The molecule has 0 aliphatic rings. The minimum atomic E-state index is 0.280. The van der Waals surface area contributed by atoms with Gasteiger partial charge in [0.05, 0.1) is 5.69 Å². The molecule has 1 aromatic heterocycles. The van der Waals surface area contributed by atoms with E-state index in [9.17, 15) is 0 Å². The van der Waals surface area contributed by atoms with Gasteiger partial charge in [0, 0.05) is 31.8 Å². The summed E-state index contributed by atoms with van der Waals surface area (Å²) in [5.74, 6) is 0.280. The fraction of sp³-hybridized carbons (Fsp3) is 0.636. The van der Waals surface area contributed by atoms with E-state index in [1.807, 2.05) is 17.9 Å². The number of aryl methyl sites for hydroxylation is 2. The summed E-state index contributed by atoms with van der Waals surface area (Å²) in [6.07, 6.45) is 4.45. The van der Waals surface area contributed by atoms with Gasteiger partial charge in [0.2, 0.25) is 0 Å². The van der Waals surface area contributed by atoms with Crippen molar-refractivity contribution in [3.8, 4) is 0 Å². The fourth-order valence-corrected chi connectivity index (χ4v) is 1.70. The van der Waals surface area contributed by atoms with E-state index < -0.39 is 0 Å². The smallest absolute Gasteiger partial charge is 0.139 e. The van der Waals surface area contributed by atoms with Gasteiger partial charge in [-0.25, -0.2) is 0 Å². The molecule has 4 N–H and O–H groups in total. The molecule has 6 nitrogen and oxygen atoms in total. The van der Waals surface area contributed by atoms with Gasteiger partial charge in [-0.1, -0.05) is 12.1 Å². The zero-order valence-corrected chi connectivity index (χ0v) is 10.5. The Morgan fingerprint density at radius 2 is 2.41 bits per heavy atom.